The van der Waals surface area contributed by atoms with Crippen LogP contribution in [0.5, 0.6) is 0 Å². The first-order valence-electron chi connectivity index (χ1n) is 7.84. The summed E-state index contributed by atoms with van der Waals surface area (Å²) in [4.78, 5) is 14.6. The van der Waals surface area contributed by atoms with Crippen LogP contribution < -0.4 is 0 Å². The SMILES string of the molecule is COCCC[C@H]1CCCCN1C(=O)Cc1ccc(F)cc1Cl. The van der Waals surface area contributed by atoms with E-state index >= 15 is 0 Å². The van der Waals surface area contributed by atoms with Crippen molar-refractivity contribution in [1.29, 1.82) is 0 Å². The van der Waals surface area contributed by atoms with Crippen LogP contribution in [0.25, 0.3) is 0 Å². The largest absolute Gasteiger partial charge is 0.385 e. The normalized spacial score (nSPS) is 18.5. The number of benzene rings is 1. The highest BCUT2D eigenvalue weighted by Crippen LogP contribution is 2.24. The van der Waals surface area contributed by atoms with Crippen molar-refractivity contribution in [2.24, 2.45) is 0 Å². The molecule has 3 nitrogen and oxygen atoms in total. The number of hydrogen-bond donors (Lipinski definition) is 0. The maximum atomic E-state index is 13.1. The number of amides is 1. The van der Waals surface area contributed by atoms with E-state index in [-0.39, 0.29) is 24.2 Å². The van der Waals surface area contributed by atoms with Crippen molar-refractivity contribution in [3.05, 3.63) is 34.6 Å². The lowest BCUT2D eigenvalue weighted by Gasteiger charge is -2.36. The van der Waals surface area contributed by atoms with E-state index < -0.39 is 0 Å². The Balaban J connectivity index is 1.99. The van der Waals surface area contributed by atoms with Gasteiger partial charge in [-0.25, -0.2) is 4.39 Å². The number of likely N-dealkylation sites (tertiary alicyclic amines) is 1. The van der Waals surface area contributed by atoms with Crippen LogP contribution in [-0.4, -0.2) is 37.1 Å². The van der Waals surface area contributed by atoms with Crippen molar-refractivity contribution in [3.8, 4) is 0 Å². The zero-order chi connectivity index (χ0) is 15.9. The number of nitrogens with zero attached hydrogens (tertiary/aromatic N) is 1. The Morgan fingerprint density at radius 1 is 1.45 bits per heavy atom. The molecule has 122 valence electrons. The van der Waals surface area contributed by atoms with Crippen LogP contribution in [0.4, 0.5) is 4.39 Å². The smallest absolute Gasteiger partial charge is 0.227 e. The predicted molar refractivity (Wildman–Crippen MR) is 85.6 cm³/mol. The van der Waals surface area contributed by atoms with Crippen LogP contribution in [0.3, 0.4) is 0 Å². The second-order valence-corrected chi connectivity index (χ2v) is 6.19. The highest BCUT2D eigenvalue weighted by atomic mass is 35.5. The van der Waals surface area contributed by atoms with Gasteiger partial charge in [-0.05, 0) is 49.8 Å². The number of ether oxygens (including phenoxy) is 1. The number of rotatable bonds is 6. The van der Waals surface area contributed by atoms with Crippen molar-refractivity contribution < 1.29 is 13.9 Å². The zero-order valence-electron chi connectivity index (χ0n) is 13.0. The second kappa shape index (κ2) is 8.49. The lowest BCUT2D eigenvalue weighted by atomic mass is 9.97. The molecule has 0 aromatic heterocycles. The van der Waals surface area contributed by atoms with Gasteiger partial charge in [-0.2, -0.15) is 0 Å². The molecule has 0 N–H and O–H groups in total. The van der Waals surface area contributed by atoms with Crippen LogP contribution in [0, 0.1) is 5.82 Å². The first-order valence-corrected chi connectivity index (χ1v) is 8.22. The number of piperidine rings is 1. The molecule has 2 rings (SSSR count). The topological polar surface area (TPSA) is 29.5 Å². The fourth-order valence-corrected chi connectivity index (χ4v) is 3.26. The predicted octanol–water partition coefficient (Wildman–Crippen LogP) is 3.83. The third-order valence-corrected chi connectivity index (χ3v) is 4.54. The highest BCUT2D eigenvalue weighted by Gasteiger charge is 2.26. The molecule has 1 amide bonds. The molecule has 22 heavy (non-hydrogen) atoms. The van der Waals surface area contributed by atoms with Gasteiger partial charge in [-0.1, -0.05) is 17.7 Å². The van der Waals surface area contributed by atoms with E-state index in [0.29, 0.717) is 10.6 Å². The number of methoxy groups -OCH3 is 1. The van der Waals surface area contributed by atoms with Crippen LogP contribution in [-0.2, 0) is 16.0 Å². The minimum Gasteiger partial charge on any atom is -0.385 e. The minimum absolute atomic E-state index is 0.0793. The molecule has 0 bridgehead atoms. The Morgan fingerprint density at radius 2 is 2.27 bits per heavy atom. The van der Waals surface area contributed by atoms with Crippen molar-refractivity contribution in [2.45, 2.75) is 44.6 Å². The van der Waals surface area contributed by atoms with Gasteiger partial charge in [0.05, 0.1) is 6.42 Å². The quantitative estimate of drug-likeness (QED) is 0.743. The molecule has 0 radical (unpaired) electrons. The van der Waals surface area contributed by atoms with Gasteiger partial charge in [0.25, 0.3) is 0 Å². The number of carbonyl (C=O) groups excluding carboxylic acids is 1. The number of hydrogen-bond acceptors (Lipinski definition) is 2. The van der Waals surface area contributed by atoms with Crippen LogP contribution >= 0.6 is 11.6 Å². The molecule has 5 heteroatoms. The Hall–Kier alpha value is -1.13. The zero-order valence-corrected chi connectivity index (χ0v) is 13.7. The molecule has 0 unspecified atom stereocenters. The van der Waals surface area contributed by atoms with Gasteiger partial charge in [0.1, 0.15) is 5.82 Å². The molecule has 1 aliphatic heterocycles. The Kier molecular flexibility index (Phi) is 6.65. The van der Waals surface area contributed by atoms with E-state index in [4.69, 9.17) is 16.3 Å². The Labute approximate surface area is 136 Å². The van der Waals surface area contributed by atoms with Gasteiger partial charge in [-0.3, -0.25) is 4.79 Å². The van der Waals surface area contributed by atoms with Crippen molar-refractivity contribution >= 4 is 17.5 Å². The van der Waals surface area contributed by atoms with Crippen LogP contribution in [0.15, 0.2) is 18.2 Å². The van der Waals surface area contributed by atoms with Crippen molar-refractivity contribution in [3.63, 3.8) is 0 Å². The highest BCUT2D eigenvalue weighted by molar-refractivity contribution is 6.31. The average Bonchev–Trinajstić information content (AvgIpc) is 2.51. The fourth-order valence-electron chi connectivity index (χ4n) is 3.02. The third kappa shape index (κ3) is 4.68. The molecule has 1 fully saturated rings. The summed E-state index contributed by atoms with van der Waals surface area (Å²) in [6.45, 7) is 1.53. The van der Waals surface area contributed by atoms with E-state index in [1.165, 1.54) is 18.6 Å². The summed E-state index contributed by atoms with van der Waals surface area (Å²) in [5.74, 6) is -0.299. The number of carbonyl (C=O) groups is 1. The standard InChI is InChI=1S/C17H23ClFNO2/c1-22-10-4-6-15-5-2-3-9-20(15)17(21)11-13-7-8-14(19)12-16(13)18/h7-8,12,15H,2-6,9-11H2,1H3/t15-/m1/s1. The van der Waals surface area contributed by atoms with Gasteiger partial charge in [-0.15, -0.1) is 0 Å². The van der Waals surface area contributed by atoms with E-state index in [1.807, 2.05) is 4.90 Å². The first-order chi connectivity index (χ1) is 10.6. The maximum Gasteiger partial charge on any atom is 0.227 e. The molecule has 1 aromatic rings. The molecule has 1 heterocycles. The summed E-state index contributed by atoms with van der Waals surface area (Å²) in [7, 11) is 1.69. The molecular formula is C17H23ClFNO2. The summed E-state index contributed by atoms with van der Waals surface area (Å²) < 4.78 is 18.2. The monoisotopic (exact) mass is 327 g/mol. The van der Waals surface area contributed by atoms with E-state index in [1.54, 1.807) is 13.2 Å². The van der Waals surface area contributed by atoms with Gasteiger partial charge < -0.3 is 9.64 Å². The van der Waals surface area contributed by atoms with E-state index in [9.17, 15) is 9.18 Å². The Bertz CT molecular complexity index is 509. The van der Waals surface area contributed by atoms with Crippen LogP contribution in [0.2, 0.25) is 5.02 Å². The maximum absolute atomic E-state index is 13.1. The van der Waals surface area contributed by atoms with Gasteiger partial charge >= 0.3 is 0 Å². The van der Waals surface area contributed by atoms with Crippen molar-refractivity contribution in [2.75, 3.05) is 20.3 Å². The lowest BCUT2D eigenvalue weighted by molar-refractivity contribution is -0.134. The molecule has 0 spiro atoms. The summed E-state index contributed by atoms with van der Waals surface area (Å²) in [6.07, 6.45) is 5.42. The summed E-state index contributed by atoms with van der Waals surface area (Å²) in [5.41, 5.74) is 0.689. The van der Waals surface area contributed by atoms with E-state index in [0.717, 1.165) is 38.8 Å². The first kappa shape index (κ1) is 17.2. The molecule has 1 saturated heterocycles. The van der Waals surface area contributed by atoms with Gasteiger partial charge in [0, 0.05) is 31.3 Å². The number of halogens is 2. The molecule has 1 aliphatic rings. The third-order valence-electron chi connectivity index (χ3n) is 4.19. The van der Waals surface area contributed by atoms with E-state index in [2.05, 4.69) is 0 Å². The van der Waals surface area contributed by atoms with Gasteiger partial charge in [0.15, 0.2) is 0 Å². The summed E-state index contributed by atoms with van der Waals surface area (Å²) in [6, 6.07) is 4.49. The van der Waals surface area contributed by atoms with Crippen LogP contribution in [0.1, 0.15) is 37.7 Å². The van der Waals surface area contributed by atoms with Gasteiger partial charge in [0.2, 0.25) is 5.91 Å². The molecular weight excluding hydrogens is 305 g/mol. The lowest BCUT2D eigenvalue weighted by Crippen LogP contribution is -2.44. The minimum atomic E-state index is -0.378. The second-order valence-electron chi connectivity index (χ2n) is 5.78. The molecule has 1 atom stereocenters. The summed E-state index contributed by atoms with van der Waals surface area (Å²) in [5, 5.41) is 0.321. The molecule has 0 aliphatic carbocycles. The Morgan fingerprint density at radius 3 is 3.00 bits per heavy atom. The van der Waals surface area contributed by atoms with Crippen molar-refractivity contribution in [1.82, 2.24) is 4.90 Å². The summed E-state index contributed by atoms with van der Waals surface area (Å²) >= 11 is 6.02. The molecule has 0 saturated carbocycles. The fraction of sp³-hybridized carbons (Fsp3) is 0.588. The molecule has 1 aromatic carbocycles. The average molecular weight is 328 g/mol.